The van der Waals surface area contributed by atoms with Crippen molar-refractivity contribution in [1.29, 1.82) is 0 Å². The third kappa shape index (κ3) is 8.97. The van der Waals surface area contributed by atoms with Gasteiger partial charge in [-0.15, -0.1) is 24.0 Å². The molecule has 1 unspecified atom stereocenters. The predicted molar refractivity (Wildman–Crippen MR) is 148 cm³/mol. The quantitative estimate of drug-likeness (QED) is 0.280. The molecule has 1 heterocycles. The SMILES string of the molecule is CN=C(NCCc1cccc(C(=O)N(C)C)c1)NCC1CCN(CCc2ccccc2)C1.I. The van der Waals surface area contributed by atoms with Crippen molar-refractivity contribution in [3.63, 3.8) is 0 Å². The van der Waals surface area contributed by atoms with E-state index in [4.69, 9.17) is 0 Å². The Morgan fingerprint density at radius 3 is 2.55 bits per heavy atom. The van der Waals surface area contributed by atoms with Gasteiger partial charge in [0.2, 0.25) is 0 Å². The number of halogens is 1. The highest BCUT2D eigenvalue weighted by Crippen LogP contribution is 2.16. The van der Waals surface area contributed by atoms with Gasteiger partial charge in [0, 0.05) is 52.9 Å². The van der Waals surface area contributed by atoms with Crippen molar-refractivity contribution in [2.24, 2.45) is 10.9 Å². The number of hydrogen-bond donors (Lipinski definition) is 2. The van der Waals surface area contributed by atoms with E-state index < -0.39 is 0 Å². The Morgan fingerprint density at radius 1 is 1.06 bits per heavy atom. The Labute approximate surface area is 215 Å². The number of aliphatic imine (C=N–C) groups is 1. The van der Waals surface area contributed by atoms with Crippen LogP contribution < -0.4 is 10.6 Å². The molecule has 180 valence electrons. The van der Waals surface area contributed by atoms with Crippen molar-refractivity contribution in [1.82, 2.24) is 20.4 Å². The number of amides is 1. The first-order chi connectivity index (χ1) is 15.5. The summed E-state index contributed by atoms with van der Waals surface area (Å²) in [5.74, 6) is 1.53. The fraction of sp³-hybridized carbons (Fsp3) is 0.462. The number of guanidine groups is 1. The van der Waals surface area contributed by atoms with Crippen LogP contribution >= 0.6 is 24.0 Å². The van der Waals surface area contributed by atoms with Crippen LogP contribution in [-0.4, -0.2) is 75.5 Å². The van der Waals surface area contributed by atoms with Crippen LogP contribution in [0.3, 0.4) is 0 Å². The summed E-state index contributed by atoms with van der Waals surface area (Å²) < 4.78 is 0. The molecule has 33 heavy (non-hydrogen) atoms. The maximum Gasteiger partial charge on any atom is 0.253 e. The summed E-state index contributed by atoms with van der Waals surface area (Å²) in [6.45, 7) is 5.15. The summed E-state index contributed by atoms with van der Waals surface area (Å²) in [5, 5.41) is 6.89. The van der Waals surface area contributed by atoms with E-state index >= 15 is 0 Å². The summed E-state index contributed by atoms with van der Waals surface area (Å²) in [5.41, 5.74) is 3.29. The third-order valence-corrected chi connectivity index (χ3v) is 6.00. The summed E-state index contributed by atoms with van der Waals surface area (Å²) in [7, 11) is 5.37. The molecule has 2 N–H and O–H groups in total. The topological polar surface area (TPSA) is 60.0 Å². The van der Waals surface area contributed by atoms with Gasteiger partial charge in [-0.1, -0.05) is 42.5 Å². The zero-order valence-electron chi connectivity index (χ0n) is 20.1. The van der Waals surface area contributed by atoms with E-state index in [9.17, 15) is 4.79 Å². The van der Waals surface area contributed by atoms with Crippen LogP contribution in [0.1, 0.15) is 27.9 Å². The maximum atomic E-state index is 12.2. The Bertz CT molecular complexity index is 887. The van der Waals surface area contributed by atoms with Gasteiger partial charge in [0.15, 0.2) is 5.96 Å². The molecule has 1 saturated heterocycles. The standard InChI is InChI=1S/C26H37N5O.HI/c1-27-26(28-15-12-22-10-7-11-24(18-22)25(32)30(2)3)29-19-23-14-17-31(20-23)16-13-21-8-5-4-6-9-21;/h4-11,18,23H,12-17,19-20H2,1-3H3,(H2,27,28,29);1H. The lowest BCUT2D eigenvalue weighted by Crippen LogP contribution is -2.41. The van der Waals surface area contributed by atoms with Crippen molar-refractivity contribution in [3.8, 4) is 0 Å². The molecule has 7 heteroatoms. The summed E-state index contributed by atoms with van der Waals surface area (Å²) in [6, 6.07) is 18.6. The molecule has 2 aromatic carbocycles. The molecule has 0 spiro atoms. The summed E-state index contributed by atoms with van der Waals surface area (Å²) in [4.78, 5) is 20.7. The average molecular weight is 564 g/mol. The molecule has 3 rings (SSSR count). The van der Waals surface area contributed by atoms with E-state index in [2.05, 4.69) is 56.9 Å². The van der Waals surface area contributed by atoms with E-state index in [0.29, 0.717) is 5.92 Å². The smallest absolute Gasteiger partial charge is 0.253 e. The molecule has 2 aromatic rings. The van der Waals surface area contributed by atoms with Gasteiger partial charge in [0.25, 0.3) is 5.91 Å². The van der Waals surface area contributed by atoms with Crippen molar-refractivity contribution in [3.05, 3.63) is 71.3 Å². The van der Waals surface area contributed by atoms with Gasteiger partial charge in [0.1, 0.15) is 0 Å². The highest BCUT2D eigenvalue weighted by molar-refractivity contribution is 14.0. The first-order valence-electron chi connectivity index (χ1n) is 11.6. The molecule has 6 nitrogen and oxygen atoms in total. The zero-order valence-corrected chi connectivity index (χ0v) is 22.4. The largest absolute Gasteiger partial charge is 0.356 e. The second-order valence-electron chi connectivity index (χ2n) is 8.72. The van der Waals surface area contributed by atoms with Crippen LogP contribution in [0.4, 0.5) is 0 Å². The summed E-state index contributed by atoms with van der Waals surface area (Å²) in [6.07, 6.45) is 3.18. The normalized spacial score (nSPS) is 16.2. The van der Waals surface area contributed by atoms with Gasteiger partial charge in [-0.3, -0.25) is 9.79 Å². The molecule has 1 aliphatic heterocycles. The molecule has 1 amide bonds. The molecular formula is C26H38IN5O. The summed E-state index contributed by atoms with van der Waals surface area (Å²) >= 11 is 0. The number of hydrogen-bond acceptors (Lipinski definition) is 3. The van der Waals surface area contributed by atoms with Crippen molar-refractivity contribution in [2.45, 2.75) is 19.3 Å². The first kappa shape index (κ1) is 27.1. The van der Waals surface area contributed by atoms with Gasteiger partial charge < -0.3 is 20.4 Å². The van der Waals surface area contributed by atoms with Crippen molar-refractivity contribution in [2.75, 3.05) is 53.9 Å². The van der Waals surface area contributed by atoms with Crippen molar-refractivity contribution < 1.29 is 4.79 Å². The molecule has 0 aliphatic carbocycles. The van der Waals surface area contributed by atoms with Crippen molar-refractivity contribution >= 4 is 35.8 Å². The molecule has 1 aliphatic rings. The lowest BCUT2D eigenvalue weighted by Gasteiger charge is -2.18. The van der Waals surface area contributed by atoms with E-state index in [1.54, 1.807) is 19.0 Å². The van der Waals surface area contributed by atoms with E-state index in [1.807, 2.05) is 25.2 Å². The van der Waals surface area contributed by atoms with Crippen LogP contribution in [0.2, 0.25) is 0 Å². The number of rotatable bonds is 9. The Kier molecular flexibility index (Phi) is 11.7. The molecule has 1 fully saturated rings. The molecule has 0 bridgehead atoms. The highest BCUT2D eigenvalue weighted by atomic mass is 127. The van der Waals surface area contributed by atoms with Gasteiger partial charge >= 0.3 is 0 Å². The predicted octanol–water partition coefficient (Wildman–Crippen LogP) is 3.28. The van der Waals surface area contributed by atoms with E-state index in [-0.39, 0.29) is 29.9 Å². The molecular weight excluding hydrogens is 525 g/mol. The third-order valence-electron chi connectivity index (χ3n) is 6.00. The fourth-order valence-electron chi connectivity index (χ4n) is 4.12. The number of nitrogens with zero attached hydrogens (tertiary/aromatic N) is 3. The Hall–Kier alpha value is -2.13. The molecule has 0 radical (unpaired) electrons. The zero-order chi connectivity index (χ0) is 22.8. The lowest BCUT2D eigenvalue weighted by atomic mass is 10.1. The minimum absolute atomic E-state index is 0. The Balaban J connectivity index is 0.00000385. The second-order valence-corrected chi connectivity index (χ2v) is 8.72. The van der Waals surface area contributed by atoms with Crippen LogP contribution in [-0.2, 0) is 12.8 Å². The van der Waals surface area contributed by atoms with Gasteiger partial charge in [-0.2, -0.15) is 0 Å². The molecule has 0 saturated carbocycles. The number of carbonyl (C=O) groups excluding carboxylic acids is 1. The monoisotopic (exact) mass is 563 g/mol. The van der Waals surface area contributed by atoms with Crippen LogP contribution in [0.25, 0.3) is 0 Å². The highest BCUT2D eigenvalue weighted by Gasteiger charge is 2.22. The van der Waals surface area contributed by atoms with Crippen LogP contribution in [0.5, 0.6) is 0 Å². The first-order valence-corrected chi connectivity index (χ1v) is 11.6. The maximum absolute atomic E-state index is 12.2. The average Bonchev–Trinajstić information content (AvgIpc) is 3.28. The number of carbonyl (C=O) groups is 1. The lowest BCUT2D eigenvalue weighted by molar-refractivity contribution is 0.0827. The Morgan fingerprint density at radius 2 is 1.82 bits per heavy atom. The van der Waals surface area contributed by atoms with E-state index in [1.165, 1.54) is 18.5 Å². The second kappa shape index (κ2) is 14.2. The van der Waals surface area contributed by atoms with Gasteiger partial charge in [0.05, 0.1) is 0 Å². The molecule has 0 aromatic heterocycles. The minimum atomic E-state index is 0. The number of nitrogens with one attached hydrogen (secondary N) is 2. The number of likely N-dealkylation sites (tertiary alicyclic amines) is 1. The van der Waals surface area contributed by atoms with Gasteiger partial charge in [-0.05, 0) is 55.0 Å². The fourth-order valence-corrected chi connectivity index (χ4v) is 4.12. The van der Waals surface area contributed by atoms with Gasteiger partial charge in [-0.25, -0.2) is 0 Å². The van der Waals surface area contributed by atoms with E-state index in [0.717, 1.165) is 56.1 Å². The minimum Gasteiger partial charge on any atom is -0.356 e. The number of benzene rings is 2. The van der Waals surface area contributed by atoms with Crippen LogP contribution in [0.15, 0.2) is 59.6 Å². The van der Waals surface area contributed by atoms with Crippen LogP contribution in [0, 0.1) is 5.92 Å². The molecule has 1 atom stereocenters.